The maximum absolute atomic E-state index is 12.7. The molecule has 2 heterocycles. The van der Waals surface area contributed by atoms with Crippen molar-refractivity contribution in [1.82, 2.24) is 9.80 Å². The molecule has 2 amide bonds. The molecular weight excluding hydrogens is 342 g/mol. The Bertz CT molecular complexity index is 827. The number of nitrogens with zero attached hydrogens (tertiary/aromatic N) is 2. The van der Waals surface area contributed by atoms with Crippen LogP contribution in [0.15, 0.2) is 42.5 Å². The van der Waals surface area contributed by atoms with Crippen molar-refractivity contribution < 1.29 is 14.3 Å². The molecule has 27 heavy (non-hydrogen) atoms. The summed E-state index contributed by atoms with van der Waals surface area (Å²) in [5.74, 6) is -0.295. The molecule has 2 saturated heterocycles. The average molecular weight is 367 g/mol. The minimum atomic E-state index is -0.291. The summed E-state index contributed by atoms with van der Waals surface area (Å²) in [5, 5.41) is 5.13. The molecule has 0 bridgehead atoms. The molecule has 142 valence electrons. The highest BCUT2D eigenvalue weighted by Gasteiger charge is 2.34. The van der Waals surface area contributed by atoms with Gasteiger partial charge < -0.3 is 15.0 Å². The van der Waals surface area contributed by atoms with Crippen LogP contribution in [0.5, 0.6) is 0 Å². The highest BCUT2D eigenvalue weighted by Crippen LogP contribution is 2.25. The van der Waals surface area contributed by atoms with Crippen molar-refractivity contribution in [3.8, 4) is 0 Å². The van der Waals surface area contributed by atoms with E-state index >= 15 is 0 Å². The number of morpholine rings is 1. The molecule has 0 radical (unpaired) electrons. The number of hydrogen-bond acceptors (Lipinski definition) is 4. The van der Waals surface area contributed by atoms with E-state index in [1.54, 1.807) is 0 Å². The topological polar surface area (TPSA) is 61.9 Å². The summed E-state index contributed by atoms with van der Waals surface area (Å²) in [6, 6.07) is 13.8. The zero-order valence-electron chi connectivity index (χ0n) is 15.4. The zero-order valence-corrected chi connectivity index (χ0v) is 15.4. The maximum atomic E-state index is 12.7. The summed E-state index contributed by atoms with van der Waals surface area (Å²) < 4.78 is 5.35. The van der Waals surface area contributed by atoms with Gasteiger partial charge in [0.25, 0.3) is 0 Å². The van der Waals surface area contributed by atoms with Crippen LogP contribution in [-0.2, 0) is 14.3 Å². The standard InChI is InChI=1S/C21H25N3O3/c25-20-14-17(15-24(20)9-8-23-10-12-27-13-11-23)21(26)22-19-7-3-5-16-4-1-2-6-18(16)19/h1-7,17H,8-15H2,(H,22,26). The lowest BCUT2D eigenvalue weighted by atomic mass is 10.1. The van der Waals surface area contributed by atoms with Crippen molar-refractivity contribution in [3.05, 3.63) is 42.5 Å². The number of anilines is 1. The largest absolute Gasteiger partial charge is 0.379 e. The number of ether oxygens (including phenoxy) is 1. The van der Waals surface area contributed by atoms with E-state index in [0.29, 0.717) is 19.5 Å². The Labute approximate surface area is 159 Å². The van der Waals surface area contributed by atoms with Gasteiger partial charge in [-0.2, -0.15) is 0 Å². The lowest BCUT2D eigenvalue weighted by Gasteiger charge is -2.28. The first-order valence-corrected chi connectivity index (χ1v) is 9.57. The number of rotatable bonds is 5. The van der Waals surface area contributed by atoms with Gasteiger partial charge in [-0.1, -0.05) is 36.4 Å². The van der Waals surface area contributed by atoms with Gasteiger partial charge in [0.05, 0.1) is 19.1 Å². The van der Waals surface area contributed by atoms with Crippen LogP contribution in [0.3, 0.4) is 0 Å². The van der Waals surface area contributed by atoms with Gasteiger partial charge in [-0.05, 0) is 11.5 Å². The molecule has 2 aromatic carbocycles. The fourth-order valence-electron chi connectivity index (χ4n) is 3.82. The number of nitrogens with one attached hydrogen (secondary N) is 1. The Balaban J connectivity index is 1.36. The predicted molar refractivity (Wildman–Crippen MR) is 105 cm³/mol. The van der Waals surface area contributed by atoms with Crippen LogP contribution < -0.4 is 5.32 Å². The van der Waals surface area contributed by atoms with Gasteiger partial charge >= 0.3 is 0 Å². The molecule has 2 aliphatic rings. The van der Waals surface area contributed by atoms with E-state index in [2.05, 4.69) is 10.2 Å². The van der Waals surface area contributed by atoms with Crippen LogP contribution in [0.25, 0.3) is 10.8 Å². The van der Waals surface area contributed by atoms with E-state index in [9.17, 15) is 9.59 Å². The molecule has 0 saturated carbocycles. The summed E-state index contributed by atoms with van der Waals surface area (Å²) in [6.07, 6.45) is 0.291. The molecule has 6 nitrogen and oxygen atoms in total. The van der Waals surface area contributed by atoms with Gasteiger partial charge in [-0.3, -0.25) is 14.5 Å². The van der Waals surface area contributed by atoms with Crippen LogP contribution in [0.4, 0.5) is 5.69 Å². The van der Waals surface area contributed by atoms with E-state index in [-0.39, 0.29) is 17.7 Å². The Kier molecular flexibility index (Phi) is 5.36. The third kappa shape index (κ3) is 4.12. The Morgan fingerprint density at radius 1 is 1.07 bits per heavy atom. The molecule has 1 atom stereocenters. The second-order valence-electron chi connectivity index (χ2n) is 7.21. The Hall–Kier alpha value is -2.44. The normalized spacial score (nSPS) is 21.0. The summed E-state index contributed by atoms with van der Waals surface area (Å²) in [4.78, 5) is 29.2. The van der Waals surface area contributed by atoms with Crippen LogP contribution in [0, 0.1) is 5.92 Å². The Morgan fingerprint density at radius 2 is 1.85 bits per heavy atom. The fourth-order valence-corrected chi connectivity index (χ4v) is 3.82. The van der Waals surface area contributed by atoms with E-state index < -0.39 is 0 Å². The molecule has 0 spiro atoms. The minimum absolute atomic E-state index is 0.0707. The van der Waals surface area contributed by atoms with Crippen molar-refractivity contribution in [2.45, 2.75) is 6.42 Å². The molecule has 2 aliphatic heterocycles. The highest BCUT2D eigenvalue weighted by molar-refractivity contribution is 6.04. The number of carbonyl (C=O) groups excluding carboxylic acids is 2. The molecule has 0 aliphatic carbocycles. The van der Waals surface area contributed by atoms with Crippen LogP contribution in [-0.4, -0.2) is 67.6 Å². The first kappa shape index (κ1) is 17.9. The number of likely N-dealkylation sites (tertiary alicyclic amines) is 1. The lowest BCUT2D eigenvalue weighted by Crippen LogP contribution is -2.42. The van der Waals surface area contributed by atoms with E-state index in [4.69, 9.17) is 4.74 Å². The third-order valence-electron chi connectivity index (χ3n) is 5.42. The molecule has 6 heteroatoms. The van der Waals surface area contributed by atoms with Gasteiger partial charge in [0.15, 0.2) is 0 Å². The van der Waals surface area contributed by atoms with Gasteiger partial charge in [-0.25, -0.2) is 0 Å². The predicted octanol–water partition coefficient (Wildman–Crippen LogP) is 1.96. The van der Waals surface area contributed by atoms with E-state index in [0.717, 1.165) is 49.3 Å². The second-order valence-corrected chi connectivity index (χ2v) is 7.21. The van der Waals surface area contributed by atoms with Crippen molar-refractivity contribution in [2.24, 2.45) is 5.92 Å². The van der Waals surface area contributed by atoms with Crippen molar-refractivity contribution in [1.29, 1.82) is 0 Å². The second kappa shape index (κ2) is 8.06. The molecular formula is C21H25N3O3. The summed E-state index contributed by atoms with van der Waals surface area (Å²) in [6.45, 7) is 5.34. The average Bonchev–Trinajstić information content (AvgIpc) is 3.08. The molecule has 4 rings (SSSR count). The van der Waals surface area contributed by atoms with Gasteiger partial charge in [-0.15, -0.1) is 0 Å². The SMILES string of the molecule is O=C(Nc1cccc2ccccc12)C1CC(=O)N(CCN2CCOCC2)C1. The first-order chi connectivity index (χ1) is 13.2. The minimum Gasteiger partial charge on any atom is -0.379 e. The number of fused-ring (bicyclic) bond motifs is 1. The van der Waals surface area contributed by atoms with Gasteiger partial charge in [0.2, 0.25) is 11.8 Å². The maximum Gasteiger partial charge on any atom is 0.229 e. The van der Waals surface area contributed by atoms with Gasteiger partial charge in [0, 0.05) is 50.2 Å². The van der Waals surface area contributed by atoms with Crippen LogP contribution in [0.2, 0.25) is 0 Å². The quantitative estimate of drug-likeness (QED) is 0.878. The number of amides is 2. The van der Waals surface area contributed by atoms with Crippen LogP contribution in [0.1, 0.15) is 6.42 Å². The summed E-state index contributed by atoms with van der Waals surface area (Å²) in [5.41, 5.74) is 0.803. The molecule has 2 aromatic rings. The number of benzene rings is 2. The van der Waals surface area contributed by atoms with E-state index in [1.807, 2.05) is 47.4 Å². The molecule has 2 fully saturated rings. The monoisotopic (exact) mass is 367 g/mol. The van der Waals surface area contributed by atoms with Crippen molar-refractivity contribution in [2.75, 3.05) is 51.3 Å². The summed E-state index contributed by atoms with van der Waals surface area (Å²) in [7, 11) is 0. The van der Waals surface area contributed by atoms with Crippen LogP contribution >= 0.6 is 0 Å². The third-order valence-corrected chi connectivity index (χ3v) is 5.42. The lowest BCUT2D eigenvalue weighted by molar-refractivity contribution is -0.128. The van der Waals surface area contributed by atoms with Crippen molar-refractivity contribution >= 4 is 28.3 Å². The zero-order chi connectivity index (χ0) is 18.6. The molecule has 1 unspecified atom stereocenters. The number of carbonyl (C=O) groups is 2. The van der Waals surface area contributed by atoms with Gasteiger partial charge in [0.1, 0.15) is 0 Å². The fraction of sp³-hybridized carbons (Fsp3) is 0.429. The Morgan fingerprint density at radius 3 is 2.70 bits per heavy atom. The number of hydrogen-bond donors (Lipinski definition) is 1. The van der Waals surface area contributed by atoms with E-state index in [1.165, 1.54) is 0 Å². The van der Waals surface area contributed by atoms with Crippen molar-refractivity contribution in [3.63, 3.8) is 0 Å². The highest BCUT2D eigenvalue weighted by atomic mass is 16.5. The molecule has 1 N–H and O–H groups in total. The molecule has 0 aromatic heterocycles. The summed E-state index contributed by atoms with van der Waals surface area (Å²) >= 11 is 0. The first-order valence-electron chi connectivity index (χ1n) is 9.57. The smallest absolute Gasteiger partial charge is 0.229 e.